The van der Waals surface area contributed by atoms with E-state index < -0.39 is 5.82 Å². The molecule has 0 unspecified atom stereocenters. The molecule has 0 fully saturated rings. The lowest BCUT2D eigenvalue weighted by molar-refractivity contribution is 0.628. The van der Waals surface area contributed by atoms with Crippen LogP contribution in [0.4, 0.5) is 4.39 Å². The van der Waals surface area contributed by atoms with Gasteiger partial charge in [0.1, 0.15) is 10.8 Å². The Balaban J connectivity index is 2.39. The predicted molar refractivity (Wildman–Crippen MR) is 65.1 cm³/mol. The minimum Gasteiger partial charge on any atom is -0.322 e. The first-order valence-electron chi connectivity index (χ1n) is 4.74. The summed E-state index contributed by atoms with van der Waals surface area (Å²) in [5, 5.41) is 2.85. The first kappa shape index (κ1) is 11.5. The number of aromatic nitrogens is 1. The second-order valence-electron chi connectivity index (χ2n) is 3.49. The van der Waals surface area contributed by atoms with Crippen molar-refractivity contribution in [2.75, 3.05) is 0 Å². The molecular weight excluding hydrogens is 247 g/mol. The first-order valence-corrected chi connectivity index (χ1v) is 6.00. The first-order chi connectivity index (χ1) is 7.58. The molecule has 0 amide bonds. The van der Waals surface area contributed by atoms with E-state index in [9.17, 15) is 4.39 Å². The van der Waals surface area contributed by atoms with Gasteiger partial charge in [-0.2, -0.15) is 0 Å². The van der Waals surface area contributed by atoms with Crippen LogP contribution in [0.5, 0.6) is 0 Å². The number of nitrogens with zero attached hydrogens (tertiary/aromatic N) is 1. The summed E-state index contributed by atoms with van der Waals surface area (Å²) in [6.45, 7) is 1.88. The van der Waals surface area contributed by atoms with Gasteiger partial charge in [-0.3, -0.25) is 0 Å². The van der Waals surface area contributed by atoms with Crippen molar-refractivity contribution in [3.8, 4) is 11.3 Å². The number of rotatable bonds is 2. The van der Waals surface area contributed by atoms with Gasteiger partial charge in [0, 0.05) is 10.9 Å². The van der Waals surface area contributed by atoms with Crippen LogP contribution < -0.4 is 5.73 Å². The minimum absolute atomic E-state index is 0.0883. The molecule has 0 aliphatic carbocycles. The zero-order valence-corrected chi connectivity index (χ0v) is 10.1. The van der Waals surface area contributed by atoms with Gasteiger partial charge in [0.15, 0.2) is 0 Å². The van der Waals surface area contributed by atoms with Crippen LogP contribution in [0.2, 0.25) is 5.02 Å². The Morgan fingerprint density at radius 2 is 2.25 bits per heavy atom. The molecule has 0 aliphatic rings. The van der Waals surface area contributed by atoms with Crippen molar-refractivity contribution in [2.45, 2.75) is 13.0 Å². The lowest BCUT2D eigenvalue weighted by atomic mass is 10.2. The van der Waals surface area contributed by atoms with Gasteiger partial charge in [-0.05, 0) is 25.1 Å². The summed E-state index contributed by atoms with van der Waals surface area (Å²) in [6.07, 6.45) is 0. The maximum atomic E-state index is 13.0. The average Bonchev–Trinajstić information content (AvgIpc) is 2.71. The van der Waals surface area contributed by atoms with E-state index in [0.717, 1.165) is 16.3 Å². The fourth-order valence-corrected chi connectivity index (χ4v) is 2.25. The molecule has 2 aromatic rings. The van der Waals surface area contributed by atoms with E-state index in [1.165, 1.54) is 17.4 Å². The molecule has 1 heterocycles. The van der Waals surface area contributed by atoms with Crippen LogP contribution in [0.25, 0.3) is 11.3 Å². The second kappa shape index (κ2) is 4.49. The Morgan fingerprint density at radius 3 is 2.81 bits per heavy atom. The third-order valence-corrected chi connectivity index (χ3v) is 3.46. The standard InChI is InChI=1S/C11H10ClFN2S/c1-6(14)11-15-10(5-16-11)7-2-3-9(13)8(12)4-7/h2-6H,14H2,1H3/t6-/m1/s1. The van der Waals surface area contributed by atoms with Crippen molar-refractivity contribution in [1.29, 1.82) is 0 Å². The third kappa shape index (κ3) is 2.24. The Bertz CT molecular complexity index is 510. The highest BCUT2D eigenvalue weighted by molar-refractivity contribution is 7.10. The number of halogens is 2. The quantitative estimate of drug-likeness (QED) is 0.891. The van der Waals surface area contributed by atoms with Crippen molar-refractivity contribution in [3.05, 3.63) is 39.4 Å². The predicted octanol–water partition coefficient (Wildman–Crippen LogP) is 3.62. The van der Waals surface area contributed by atoms with Crippen molar-refractivity contribution in [3.63, 3.8) is 0 Å². The molecule has 0 aliphatic heterocycles. The summed E-state index contributed by atoms with van der Waals surface area (Å²) >= 11 is 7.20. The molecule has 16 heavy (non-hydrogen) atoms. The SMILES string of the molecule is C[C@@H](N)c1nc(-c2ccc(F)c(Cl)c2)cs1. The molecule has 0 saturated carbocycles. The van der Waals surface area contributed by atoms with E-state index in [-0.39, 0.29) is 11.1 Å². The van der Waals surface area contributed by atoms with Crippen LogP contribution in [0, 0.1) is 5.82 Å². The monoisotopic (exact) mass is 256 g/mol. The summed E-state index contributed by atoms with van der Waals surface area (Å²) in [7, 11) is 0. The Hall–Kier alpha value is -0.970. The third-order valence-electron chi connectivity index (χ3n) is 2.13. The summed E-state index contributed by atoms with van der Waals surface area (Å²) in [5.41, 5.74) is 7.30. The van der Waals surface area contributed by atoms with Crippen molar-refractivity contribution >= 4 is 22.9 Å². The normalized spacial score (nSPS) is 12.8. The highest BCUT2D eigenvalue weighted by Gasteiger charge is 2.09. The number of hydrogen-bond donors (Lipinski definition) is 1. The molecule has 2 rings (SSSR count). The van der Waals surface area contributed by atoms with Gasteiger partial charge in [-0.1, -0.05) is 11.6 Å². The maximum absolute atomic E-state index is 13.0. The molecule has 0 spiro atoms. The molecular formula is C11H10ClFN2S. The Kier molecular flexibility index (Phi) is 3.23. The van der Waals surface area contributed by atoms with Crippen molar-refractivity contribution < 1.29 is 4.39 Å². The van der Waals surface area contributed by atoms with Crippen LogP contribution >= 0.6 is 22.9 Å². The molecule has 1 aromatic heterocycles. The molecule has 2 N–H and O–H groups in total. The zero-order valence-electron chi connectivity index (χ0n) is 8.58. The smallest absolute Gasteiger partial charge is 0.141 e. The highest BCUT2D eigenvalue weighted by atomic mass is 35.5. The van der Waals surface area contributed by atoms with Crippen LogP contribution in [-0.4, -0.2) is 4.98 Å². The van der Waals surface area contributed by atoms with Gasteiger partial charge < -0.3 is 5.73 Å². The number of nitrogens with two attached hydrogens (primary N) is 1. The van der Waals surface area contributed by atoms with Gasteiger partial charge in [-0.15, -0.1) is 11.3 Å². The van der Waals surface area contributed by atoms with Crippen LogP contribution in [0.1, 0.15) is 18.0 Å². The largest absolute Gasteiger partial charge is 0.322 e. The minimum atomic E-state index is -0.423. The molecule has 0 radical (unpaired) electrons. The summed E-state index contributed by atoms with van der Waals surface area (Å²) in [5.74, 6) is -0.423. The topological polar surface area (TPSA) is 38.9 Å². The van der Waals surface area contributed by atoms with Crippen LogP contribution in [-0.2, 0) is 0 Å². The van der Waals surface area contributed by atoms with E-state index in [1.807, 2.05) is 12.3 Å². The van der Waals surface area contributed by atoms with E-state index in [0.29, 0.717) is 0 Å². The number of benzene rings is 1. The lowest BCUT2D eigenvalue weighted by Gasteiger charge is -2.00. The molecule has 2 nitrogen and oxygen atoms in total. The van der Waals surface area contributed by atoms with Gasteiger partial charge in [0.2, 0.25) is 0 Å². The van der Waals surface area contributed by atoms with Crippen LogP contribution in [0.3, 0.4) is 0 Å². The Morgan fingerprint density at radius 1 is 1.50 bits per heavy atom. The highest BCUT2D eigenvalue weighted by Crippen LogP contribution is 2.27. The van der Waals surface area contributed by atoms with E-state index in [1.54, 1.807) is 12.1 Å². The van der Waals surface area contributed by atoms with Crippen molar-refractivity contribution in [2.24, 2.45) is 5.73 Å². The van der Waals surface area contributed by atoms with E-state index >= 15 is 0 Å². The lowest BCUT2D eigenvalue weighted by Crippen LogP contribution is -2.03. The van der Waals surface area contributed by atoms with Gasteiger partial charge in [0.05, 0.1) is 16.8 Å². The fraction of sp³-hybridized carbons (Fsp3) is 0.182. The second-order valence-corrected chi connectivity index (χ2v) is 4.79. The Labute approximate surface area is 102 Å². The van der Waals surface area contributed by atoms with E-state index in [4.69, 9.17) is 17.3 Å². The summed E-state index contributed by atoms with van der Waals surface area (Å²) < 4.78 is 13.0. The molecule has 5 heteroatoms. The summed E-state index contributed by atoms with van der Waals surface area (Å²) in [4.78, 5) is 4.36. The molecule has 0 bridgehead atoms. The van der Waals surface area contributed by atoms with Gasteiger partial charge in [-0.25, -0.2) is 9.37 Å². The average molecular weight is 257 g/mol. The number of hydrogen-bond acceptors (Lipinski definition) is 3. The van der Waals surface area contributed by atoms with E-state index in [2.05, 4.69) is 4.98 Å². The van der Waals surface area contributed by atoms with Gasteiger partial charge >= 0.3 is 0 Å². The molecule has 1 aromatic carbocycles. The van der Waals surface area contributed by atoms with Crippen LogP contribution in [0.15, 0.2) is 23.6 Å². The van der Waals surface area contributed by atoms with Gasteiger partial charge in [0.25, 0.3) is 0 Å². The number of thiazole rings is 1. The maximum Gasteiger partial charge on any atom is 0.141 e. The summed E-state index contributed by atoms with van der Waals surface area (Å²) in [6, 6.07) is 4.47. The molecule has 1 atom stereocenters. The van der Waals surface area contributed by atoms with Crippen molar-refractivity contribution in [1.82, 2.24) is 4.98 Å². The fourth-order valence-electron chi connectivity index (χ4n) is 1.28. The zero-order chi connectivity index (χ0) is 11.7. The molecule has 0 saturated heterocycles. The molecule has 84 valence electrons.